The molecular weight excluding hydrogens is 262 g/mol. The fourth-order valence-corrected chi connectivity index (χ4v) is 3.61. The van der Waals surface area contributed by atoms with Gasteiger partial charge in [0.15, 0.2) is 0 Å². The molecule has 0 aromatic carbocycles. The maximum Gasteiger partial charge on any atom is 0.305 e. The monoisotopic (exact) mass is 287 g/mol. The summed E-state index contributed by atoms with van der Waals surface area (Å²) in [5.41, 5.74) is 0. The average molecular weight is 287 g/mol. The molecule has 1 N–H and O–H groups in total. The van der Waals surface area contributed by atoms with Crippen molar-refractivity contribution in [1.29, 1.82) is 0 Å². The molecule has 1 fully saturated rings. The number of nitrogens with zero attached hydrogens (tertiary/aromatic N) is 1. The lowest BCUT2D eigenvalue weighted by molar-refractivity contribution is -0.140. The van der Waals surface area contributed by atoms with Crippen molar-refractivity contribution in [1.82, 2.24) is 4.90 Å². The van der Waals surface area contributed by atoms with E-state index >= 15 is 0 Å². The Morgan fingerprint density at radius 2 is 2.11 bits per heavy atom. The zero-order chi connectivity index (χ0) is 14.4. The molecule has 0 saturated carbocycles. The lowest BCUT2D eigenvalue weighted by Gasteiger charge is -2.36. The van der Waals surface area contributed by atoms with Crippen LogP contribution in [0.4, 0.5) is 0 Å². The summed E-state index contributed by atoms with van der Waals surface area (Å²) >= 11 is 1.74. The van der Waals surface area contributed by atoms with E-state index in [1.165, 1.54) is 0 Å². The Bertz CT molecular complexity index is 320. The Kier molecular flexibility index (Phi) is 6.69. The maximum absolute atomic E-state index is 12.4. The number of thioether (sulfide) groups is 1. The number of aliphatic carboxylic acids is 1. The highest BCUT2D eigenvalue weighted by Crippen LogP contribution is 2.24. The SMILES string of the molecule is CCC(CC(=O)N1CCSCC1CC(=O)O)C(C)C. The van der Waals surface area contributed by atoms with Gasteiger partial charge >= 0.3 is 5.97 Å². The maximum atomic E-state index is 12.4. The number of hydrogen-bond acceptors (Lipinski definition) is 3. The summed E-state index contributed by atoms with van der Waals surface area (Å²) in [5, 5.41) is 8.93. The highest BCUT2D eigenvalue weighted by Gasteiger charge is 2.30. The standard InChI is InChI=1S/C14H25NO3S/c1-4-11(10(2)3)7-13(16)15-5-6-19-9-12(15)8-14(17)18/h10-12H,4-9H2,1-3H3,(H,17,18). The molecule has 0 aromatic rings. The quantitative estimate of drug-likeness (QED) is 0.815. The van der Waals surface area contributed by atoms with Crippen LogP contribution in [-0.2, 0) is 9.59 Å². The van der Waals surface area contributed by atoms with Crippen LogP contribution in [0.2, 0.25) is 0 Å². The summed E-state index contributed by atoms with van der Waals surface area (Å²) < 4.78 is 0. The van der Waals surface area contributed by atoms with Gasteiger partial charge in [0, 0.05) is 24.5 Å². The second-order valence-corrected chi connectivity index (χ2v) is 6.68. The van der Waals surface area contributed by atoms with E-state index in [1.54, 1.807) is 16.7 Å². The van der Waals surface area contributed by atoms with Crippen molar-refractivity contribution in [2.24, 2.45) is 11.8 Å². The van der Waals surface area contributed by atoms with Gasteiger partial charge in [-0.05, 0) is 11.8 Å². The third-order valence-corrected chi connectivity index (χ3v) is 4.95. The van der Waals surface area contributed by atoms with Gasteiger partial charge in [-0.15, -0.1) is 0 Å². The van der Waals surface area contributed by atoms with E-state index in [1.807, 2.05) is 0 Å². The van der Waals surface area contributed by atoms with Crippen LogP contribution in [0.15, 0.2) is 0 Å². The molecule has 0 radical (unpaired) electrons. The smallest absolute Gasteiger partial charge is 0.305 e. The van der Waals surface area contributed by atoms with Crippen LogP contribution < -0.4 is 0 Å². The zero-order valence-electron chi connectivity index (χ0n) is 12.1. The van der Waals surface area contributed by atoms with Gasteiger partial charge in [-0.2, -0.15) is 11.8 Å². The fourth-order valence-electron chi connectivity index (χ4n) is 2.55. The molecule has 4 nitrogen and oxygen atoms in total. The molecule has 1 heterocycles. The van der Waals surface area contributed by atoms with Crippen molar-refractivity contribution in [2.75, 3.05) is 18.1 Å². The van der Waals surface area contributed by atoms with Crippen LogP contribution in [-0.4, -0.2) is 46.0 Å². The van der Waals surface area contributed by atoms with E-state index in [9.17, 15) is 9.59 Å². The topological polar surface area (TPSA) is 57.6 Å². The summed E-state index contributed by atoms with van der Waals surface area (Å²) in [5.74, 6) is 1.86. The molecule has 0 bridgehead atoms. The second-order valence-electron chi connectivity index (χ2n) is 5.53. The Hall–Kier alpha value is -0.710. The molecule has 0 aromatic heterocycles. The number of hydrogen-bond donors (Lipinski definition) is 1. The van der Waals surface area contributed by atoms with Gasteiger partial charge in [-0.3, -0.25) is 9.59 Å². The summed E-state index contributed by atoms with van der Waals surface area (Å²) in [6, 6.07) is -0.131. The minimum atomic E-state index is -0.818. The van der Waals surface area contributed by atoms with Gasteiger partial charge in [-0.25, -0.2) is 0 Å². The lowest BCUT2D eigenvalue weighted by atomic mass is 9.89. The van der Waals surface area contributed by atoms with Crippen molar-refractivity contribution < 1.29 is 14.7 Å². The molecule has 2 atom stereocenters. The van der Waals surface area contributed by atoms with Crippen LogP contribution >= 0.6 is 11.8 Å². The van der Waals surface area contributed by atoms with Gasteiger partial charge in [-0.1, -0.05) is 27.2 Å². The van der Waals surface area contributed by atoms with Gasteiger partial charge < -0.3 is 10.0 Å². The molecule has 1 aliphatic rings. The fraction of sp³-hybridized carbons (Fsp3) is 0.857. The van der Waals surface area contributed by atoms with Crippen LogP contribution in [0.5, 0.6) is 0 Å². The van der Waals surface area contributed by atoms with Crippen molar-refractivity contribution in [3.8, 4) is 0 Å². The molecule has 5 heteroatoms. The normalized spacial score (nSPS) is 21.5. The van der Waals surface area contributed by atoms with E-state index < -0.39 is 5.97 Å². The Morgan fingerprint density at radius 1 is 1.42 bits per heavy atom. The van der Waals surface area contributed by atoms with Gasteiger partial charge in [0.1, 0.15) is 0 Å². The van der Waals surface area contributed by atoms with Crippen LogP contribution in [0.3, 0.4) is 0 Å². The molecule has 0 aliphatic carbocycles. The van der Waals surface area contributed by atoms with E-state index in [-0.39, 0.29) is 18.4 Å². The highest BCUT2D eigenvalue weighted by molar-refractivity contribution is 7.99. The van der Waals surface area contributed by atoms with Crippen LogP contribution in [0, 0.1) is 11.8 Å². The van der Waals surface area contributed by atoms with E-state index in [4.69, 9.17) is 5.11 Å². The number of carbonyl (C=O) groups excluding carboxylic acids is 1. The van der Waals surface area contributed by atoms with Crippen molar-refractivity contribution in [3.63, 3.8) is 0 Å². The molecule has 1 aliphatic heterocycles. The molecule has 2 unspecified atom stereocenters. The number of carbonyl (C=O) groups is 2. The first kappa shape index (κ1) is 16.3. The number of carboxylic acids is 1. The predicted octanol–water partition coefficient (Wildman–Crippen LogP) is 2.48. The number of carboxylic acid groups (broad SMARTS) is 1. The minimum Gasteiger partial charge on any atom is -0.481 e. The number of rotatable bonds is 6. The first-order valence-corrected chi connectivity index (χ1v) is 8.20. The molecule has 0 spiro atoms. The molecule has 1 amide bonds. The summed E-state index contributed by atoms with van der Waals surface area (Å²) in [7, 11) is 0. The van der Waals surface area contributed by atoms with Gasteiger partial charge in [0.05, 0.1) is 12.5 Å². The summed E-state index contributed by atoms with van der Waals surface area (Å²) in [4.78, 5) is 25.1. The van der Waals surface area contributed by atoms with E-state index in [0.29, 0.717) is 24.8 Å². The largest absolute Gasteiger partial charge is 0.481 e. The zero-order valence-corrected chi connectivity index (χ0v) is 12.9. The van der Waals surface area contributed by atoms with Crippen LogP contribution in [0.1, 0.15) is 40.0 Å². The molecule has 1 saturated heterocycles. The van der Waals surface area contributed by atoms with Crippen molar-refractivity contribution in [3.05, 3.63) is 0 Å². The lowest BCUT2D eigenvalue weighted by Crippen LogP contribution is -2.47. The third kappa shape index (κ3) is 5.05. The Labute approximate surface area is 119 Å². The Morgan fingerprint density at radius 3 is 2.63 bits per heavy atom. The average Bonchev–Trinajstić information content (AvgIpc) is 2.35. The van der Waals surface area contributed by atoms with Gasteiger partial charge in [0.25, 0.3) is 0 Å². The number of amides is 1. The highest BCUT2D eigenvalue weighted by atomic mass is 32.2. The van der Waals surface area contributed by atoms with Crippen LogP contribution in [0.25, 0.3) is 0 Å². The first-order valence-electron chi connectivity index (χ1n) is 7.04. The molecule has 1 rings (SSSR count). The second kappa shape index (κ2) is 7.78. The first-order chi connectivity index (χ1) is 8.95. The van der Waals surface area contributed by atoms with Crippen molar-refractivity contribution >= 4 is 23.6 Å². The van der Waals surface area contributed by atoms with Crippen molar-refractivity contribution in [2.45, 2.75) is 46.1 Å². The Balaban J connectivity index is 2.63. The van der Waals surface area contributed by atoms with E-state index in [0.717, 1.165) is 17.9 Å². The molecule has 110 valence electrons. The summed E-state index contributed by atoms with van der Waals surface area (Å²) in [6.45, 7) is 7.08. The molecule has 19 heavy (non-hydrogen) atoms. The third-order valence-electron chi connectivity index (χ3n) is 3.86. The van der Waals surface area contributed by atoms with E-state index in [2.05, 4.69) is 20.8 Å². The predicted molar refractivity (Wildman–Crippen MR) is 78.3 cm³/mol. The molecular formula is C14H25NO3S. The van der Waals surface area contributed by atoms with Gasteiger partial charge in [0.2, 0.25) is 5.91 Å². The minimum absolute atomic E-state index is 0.0667. The summed E-state index contributed by atoms with van der Waals surface area (Å²) in [6.07, 6.45) is 1.61.